The number of carbonyl (C=O) groups is 2. The summed E-state index contributed by atoms with van der Waals surface area (Å²) < 4.78 is 7.13. The van der Waals surface area contributed by atoms with E-state index in [1.54, 1.807) is 34.0 Å². The van der Waals surface area contributed by atoms with E-state index in [1.165, 1.54) is 0 Å². The van der Waals surface area contributed by atoms with Crippen molar-refractivity contribution in [2.24, 2.45) is 0 Å². The van der Waals surface area contributed by atoms with E-state index in [0.29, 0.717) is 24.3 Å². The quantitative estimate of drug-likeness (QED) is 0.917. The highest BCUT2D eigenvalue weighted by atomic mass is 16.6. The van der Waals surface area contributed by atoms with E-state index in [1.807, 2.05) is 20.8 Å². The van der Waals surface area contributed by atoms with Crippen molar-refractivity contribution >= 4 is 17.6 Å². The largest absolute Gasteiger partial charge is 0.444 e. The summed E-state index contributed by atoms with van der Waals surface area (Å²) in [7, 11) is 0. The molecule has 1 aliphatic rings. The first kappa shape index (κ1) is 17.2. The Labute approximate surface area is 146 Å². The molecule has 1 atom stereocenters. The van der Waals surface area contributed by atoms with Crippen LogP contribution in [0.2, 0.25) is 0 Å². The van der Waals surface area contributed by atoms with Crippen LogP contribution in [-0.2, 0) is 4.74 Å². The van der Waals surface area contributed by atoms with Gasteiger partial charge in [-0.05, 0) is 45.7 Å². The number of likely N-dealkylation sites (tertiary alicyclic amines) is 1. The molecule has 0 spiro atoms. The molecule has 1 saturated heterocycles. The van der Waals surface area contributed by atoms with E-state index in [4.69, 9.17) is 4.74 Å². The smallest absolute Gasteiger partial charge is 0.410 e. The topological polar surface area (TPSA) is 88.8 Å². The Hall–Kier alpha value is -2.64. The van der Waals surface area contributed by atoms with Crippen LogP contribution in [0.4, 0.5) is 4.79 Å². The summed E-state index contributed by atoms with van der Waals surface area (Å²) >= 11 is 0. The number of carbonyl (C=O) groups excluding carboxylic acids is 2. The average molecular weight is 345 g/mol. The lowest BCUT2D eigenvalue weighted by atomic mass is 10.2. The second-order valence-electron chi connectivity index (χ2n) is 7.19. The molecular weight excluding hydrogens is 322 g/mol. The highest BCUT2D eigenvalue weighted by Crippen LogP contribution is 2.20. The molecule has 0 bridgehead atoms. The fourth-order valence-electron chi connectivity index (χ4n) is 2.88. The van der Waals surface area contributed by atoms with Crippen molar-refractivity contribution < 1.29 is 14.3 Å². The van der Waals surface area contributed by atoms with Crippen LogP contribution in [-0.4, -0.2) is 56.2 Å². The fraction of sp³-hybridized carbons (Fsp3) is 0.529. The molecular formula is C17H23N5O3. The Morgan fingerprint density at radius 3 is 2.92 bits per heavy atom. The lowest BCUT2D eigenvalue weighted by Crippen LogP contribution is -2.45. The van der Waals surface area contributed by atoms with Crippen molar-refractivity contribution in [3.63, 3.8) is 0 Å². The molecule has 2 amide bonds. The third-order valence-corrected chi connectivity index (χ3v) is 4.06. The summed E-state index contributed by atoms with van der Waals surface area (Å²) in [5, 5.41) is 10.6. The summed E-state index contributed by atoms with van der Waals surface area (Å²) in [4.78, 5) is 26.4. The number of pyridine rings is 1. The molecule has 3 heterocycles. The van der Waals surface area contributed by atoms with Crippen LogP contribution in [0.15, 0.2) is 24.7 Å². The number of nitrogens with one attached hydrogen (secondary N) is 1. The van der Waals surface area contributed by atoms with E-state index >= 15 is 0 Å². The highest BCUT2D eigenvalue weighted by Gasteiger charge is 2.32. The molecule has 8 nitrogen and oxygen atoms in total. The van der Waals surface area contributed by atoms with E-state index < -0.39 is 5.60 Å². The molecule has 1 fully saturated rings. The van der Waals surface area contributed by atoms with Gasteiger partial charge < -0.3 is 15.0 Å². The predicted octanol–water partition coefficient (Wildman–Crippen LogP) is 1.86. The molecule has 0 aliphatic carbocycles. The van der Waals surface area contributed by atoms with Crippen LogP contribution < -0.4 is 5.32 Å². The zero-order valence-electron chi connectivity index (χ0n) is 14.7. The normalized spacial score (nSPS) is 17.7. The van der Waals surface area contributed by atoms with Crippen molar-refractivity contribution in [1.29, 1.82) is 0 Å². The number of ether oxygens (including phenoxy) is 1. The van der Waals surface area contributed by atoms with Gasteiger partial charge >= 0.3 is 6.09 Å². The van der Waals surface area contributed by atoms with Crippen molar-refractivity contribution in [3.05, 3.63) is 30.2 Å². The van der Waals surface area contributed by atoms with Crippen LogP contribution in [0.25, 0.3) is 5.65 Å². The summed E-state index contributed by atoms with van der Waals surface area (Å²) in [6.45, 7) is 6.59. The maximum absolute atomic E-state index is 12.4. The number of aromatic nitrogens is 3. The van der Waals surface area contributed by atoms with Crippen molar-refractivity contribution in [3.8, 4) is 0 Å². The summed E-state index contributed by atoms with van der Waals surface area (Å²) in [5.74, 6) is -0.188. The summed E-state index contributed by atoms with van der Waals surface area (Å²) in [5.41, 5.74) is 0.680. The van der Waals surface area contributed by atoms with Crippen molar-refractivity contribution in [2.45, 2.75) is 45.3 Å². The van der Waals surface area contributed by atoms with Crippen LogP contribution in [0, 0.1) is 0 Å². The minimum atomic E-state index is -0.526. The van der Waals surface area contributed by atoms with Gasteiger partial charge in [0.15, 0.2) is 5.65 Å². The van der Waals surface area contributed by atoms with E-state index in [9.17, 15) is 9.59 Å². The number of hydrogen-bond donors (Lipinski definition) is 1. The Morgan fingerprint density at radius 1 is 1.36 bits per heavy atom. The van der Waals surface area contributed by atoms with Crippen LogP contribution in [0.1, 0.15) is 44.0 Å². The molecule has 1 N–H and O–H groups in total. The average Bonchev–Trinajstić information content (AvgIpc) is 3.18. The molecule has 2 aromatic heterocycles. The molecule has 25 heavy (non-hydrogen) atoms. The van der Waals surface area contributed by atoms with Gasteiger partial charge in [0.05, 0.1) is 11.6 Å². The monoisotopic (exact) mass is 345 g/mol. The van der Waals surface area contributed by atoms with Gasteiger partial charge in [0, 0.05) is 19.3 Å². The van der Waals surface area contributed by atoms with Gasteiger partial charge in [0.25, 0.3) is 5.91 Å². The lowest BCUT2D eigenvalue weighted by molar-refractivity contribution is 0.0225. The van der Waals surface area contributed by atoms with Gasteiger partial charge in [0.2, 0.25) is 0 Å². The van der Waals surface area contributed by atoms with Gasteiger partial charge in [-0.1, -0.05) is 0 Å². The SMILES string of the molecule is CC(C)(C)OC(=O)N1CCCC1CNC(=O)c1ccc2nncn2c1. The third kappa shape index (κ3) is 4.07. The second-order valence-corrected chi connectivity index (χ2v) is 7.19. The van der Waals surface area contributed by atoms with Crippen LogP contribution >= 0.6 is 0 Å². The lowest BCUT2D eigenvalue weighted by Gasteiger charge is -2.28. The first-order chi connectivity index (χ1) is 11.8. The highest BCUT2D eigenvalue weighted by molar-refractivity contribution is 5.94. The van der Waals surface area contributed by atoms with Crippen molar-refractivity contribution in [2.75, 3.05) is 13.1 Å². The molecule has 0 radical (unpaired) electrons. The fourth-order valence-corrected chi connectivity index (χ4v) is 2.88. The van der Waals surface area contributed by atoms with Gasteiger partial charge in [-0.2, -0.15) is 0 Å². The molecule has 3 rings (SSSR count). The molecule has 0 aromatic carbocycles. The zero-order chi connectivity index (χ0) is 18.0. The Kier molecular flexibility index (Phi) is 4.61. The Morgan fingerprint density at radius 2 is 2.16 bits per heavy atom. The van der Waals surface area contributed by atoms with Crippen molar-refractivity contribution in [1.82, 2.24) is 24.8 Å². The molecule has 0 saturated carbocycles. The van der Waals surface area contributed by atoms with E-state index in [0.717, 1.165) is 12.8 Å². The molecule has 134 valence electrons. The number of fused-ring (bicyclic) bond motifs is 1. The maximum atomic E-state index is 12.4. The minimum absolute atomic E-state index is 0.0440. The number of amides is 2. The Balaban J connectivity index is 1.59. The standard InChI is InChI=1S/C17H23N5O3/c1-17(2,3)25-16(24)22-8-4-5-13(22)9-18-15(23)12-6-7-14-20-19-11-21(14)10-12/h6-7,10-11,13H,4-5,8-9H2,1-3H3,(H,18,23). The van der Waals surface area contributed by atoms with Crippen LogP contribution in [0.3, 0.4) is 0 Å². The van der Waals surface area contributed by atoms with Crippen LogP contribution in [0.5, 0.6) is 0 Å². The first-order valence-electron chi connectivity index (χ1n) is 8.41. The molecule has 2 aromatic rings. The van der Waals surface area contributed by atoms with E-state index in [2.05, 4.69) is 15.5 Å². The second kappa shape index (κ2) is 6.70. The number of nitrogens with zero attached hydrogens (tertiary/aromatic N) is 4. The van der Waals surface area contributed by atoms with E-state index in [-0.39, 0.29) is 18.0 Å². The Bertz CT molecular complexity index is 780. The predicted molar refractivity (Wildman–Crippen MR) is 91.3 cm³/mol. The van der Waals surface area contributed by atoms with Gasteiger partial charge in [-0.15, -0.1) is 10.2 Å². The minimum Gasteiger partial charge on any atom is -0.444 e. The van der Waals surface area contributed by atoms with Gasteiger partial charge in [-0.25, -0.2) is 4.79 Å². The number of hydrogen-bond acceptors (Lipinski definition) is 5. The van der Waals surface area contributed by atoms with Gasteiger partial charge in [0.1, 0.15) is 11.9 Å². The van der Waals surface area contributed by atoms with Gasteiger partial charge in [-0.3, -0.25) is 9.20 Å². The molecule has 1 aliphatic heterocycles. The maximum Gasteiger partial charge on any atom is 0.410 e. The third-order valence-electron chi connectivity index (χ3n) is 4.06. The summed E-state index contributed by atoms with van der Waals surface area (Å²) in [6.07, 6.45) is 4.67. The molecule has 1 unspecified atom stereocenters. The summed E-state index contributed by atoms with van der Waals surface area (Å²) in [6, 6.07) is 3.40. The number of rotatable bonds is 3. The molecule has 8 heteroatoms. The zero-order valence-corrected chi connectivity index (χ0v) is 14.7. The first-order valence-corrected chi connectivity index (χ1v) is 8.41.